The number of carboxylic acid groups (broad SMARTS) is 1. The Balaban J connectivity index is 2.15. The molecule has 82 valence electrons. The van der Waals surface area contributed by atoms with Crippen LogP contribution in [0.4, 0.5) is 0 Å². The van der Waals surface area contributed by atoms with Crippen molar-refractivity contribution in [1.82, 2.24) is 10.2 Å². The van der Waals surface area contributed by atoms with Gasteiger partial charge in [0.15, 0.2) is 0 Å². The second-order valence-electron chi connectivity index (χ2n) is 3.54. The number of carbonyl (C=O) groups is 1. The van der Waals surface area contributed by atoms with Gasteiger partial charge in [-0.05, 0) is 11.4 Å². The lowest BCUT2D eigenvalue weighted by Crippen LogP contribution is -2.46. The van der Waals surface area contributed by atoms with Gasteiger partial charge in [-0.15, -0.1) is 11.3 Å². The van der Waals surface area contributed by atoms with Crippen LogP contribution in [0.5, 0.6) is 0 Å². The monoisotopic (exact) mass is 226 g/mol. The Labute approximate surface area is 92.5 Å². The molecule has 0 aromatic carbocycles. The van der Waals surface area contributed by atoms with Gasteiger partial charge in [-0.1, -0.05) is 6.07 Å². The molecule has 0 radical (unpaired) electrons. The Hall–Kier alpha value is -0.910. The number of aliphatic carboxylic acids is 1. The van der Waals surface area contributed by atoms with Gasteiger partial charge in [-0.3, -0.25) is 9.69 Å². The Bertz CT molecular complexity index is 320. The third-order valence-electron chi connectivity index (χ3n) is 2.56. The number of hydrogen-bond donors (Lipinski definition) is 2. The topological polar surface area (TPSA) is 52.6 Å². The van der Waals surface area contributed by atoms with Crippen LogP contribution in [0.2, 0.25) is 0 Å². The normalized spacial score (nSPS) is 20.0. The maximum absolute atomic E-state index is 11.2. The molecule has 0 spiro atoms. The fourth-order valence-corrected chi connectivity index (χ4v) is 2.70. The third kappa shape index (κ3) is 2.37. The van der Waals surface area contributed by atoms with Crippen LogP contribution in [-0.2, 0) is 4.79 Å². The number of hydrogen-bond acceptors (Lipinski definition) is 4. The van der Waals surface area contributed by atoms with Crippen LogP contribution in [0.3, 0.4) is 0 Å². The molecule has 0 saturated carbocycles. The van der Waals surface area contributed by atoms with E-state index in [1.54, 1.807) is 0 Å². The molecule has 2 heterocycles. The Morgan fingerprint density at radius 3 is 2.80 bits per heavy atom. The van der Waals surface area contributed by atoms with Crippen molar-refractivity contribution in [2.45, 2.75) is 6.04 Å². The van der Waals surface area contributed by atoms with Gasteiger partial charge < -0.3 is 10.4 Å². The zero-order chi connectivity index (χ0) is 10.7. The number of nitrogens with one attached hydrogen (secondary N) is 1. The smallest absolute Gasteiger partial charge is 0.326 e. The number of thiophene rings is 1. The van der Waals surface area contributed by atoms with Gasteiger partial charge in [-0.2, -0.15) is 0 Å². The second-order valence-corrected chi connectivity index (χ2v) is 4.52. The van der Waals surface area contributed by atoms with Crippen molar-refractivity contribution in [2.75, 3.05) is 26.2 Å². The van der Waals surface area contributed by atoms with E-state index < -0.39 is 12.0 Å². The lowest BCUT2D eigenvalue weighted by Gasteiger charge is -2.31. The van der Waals surface area contributed by atoms with Crippen molar-refractivity contribution in [3.8, 4) is 0 Å². The number of nitrogens with zero attached hydrogens (tertiary/aromatic N) is 1. The highest BCUT2D eigenvalue weighted by molar-refractivity contribution is 7.10. The molecule has 1 saturated heterocycles. The molecule has 2 rings (SSSR count). The first-order valence-electron chi connectivity index (χ1n) is 5.00. The van der Waals surface area contributed by atoms with Crippen molar-refractivity contribution >= 4 is 17.3 Å². The molecule has 0 aliphatic carbocycles. The van der Waals surface area contributed by atoms with E-state index >= 15 is 0 Å². The van der Waals surface area contributed by atoms with Crippen molar-refractivity contribution < 1.29 is 9.90 Å². The molecule has 1 aliphatic heterocycles. The van der Waals surface area contributed by atoms with Crippen molar-refractivity contribution in [3.05, 3.63) is 22.4 Å². The van der Waals surface area contributed by atoms with E-state index in [4.69, 9.17) is 0 Å². The molecular formula is C10H14N2O2S. The van der Waals surface area contributed by atoms with Gasteiger partial charge >= 0.3 is 5.97 Å². The molecule has 1 aromatic rings. The third-order valence-corrected chi connectivity index (χ3v) is 3.49. The Morgan fingerprint density at radius 2 is 2.27 bits per heavy atom. The number of carboxylic acids is 1. The van der Waals surface area contributed by atoms with Crippen molar-refractivity contribution in [1.29, 1.82) is 0 Å². The lowest BCUT2D eigenvalue weighted by molar-refractivity contribution is -0.143. The zero-order valence-electron chi connectivity index (χ0n) is 8.35. The average molecular weight is 226 g/mol. The van der Waals surface area contributed by atoms with Crippen LogP contribution in [0, 0.1) is 0 Å². The van der Waals surface area contributed by atoms with E-state index in [9.17, 15) is 9.90 Å². The molecule has 1 atom stereocenters. The van der Waals surface area contributed by atoms with Gasteiger partial charge in [0.05, 0.1) is 0 Å². The van der Waals surface area contributed by atoms with Crippen LogP contribution in [0.1, 0.15) is 10.9 Å². The highest BCUT2D eigenvalue weighted by Crippen LogP contribution is 2.25. The standard InChI is InChI=1S/C10H14N2O2S/c13-10(14)9(8-2-1-7-15-8)12-5-3-11-4-6-12/h1-2,7,9,11H,3-6H2,(H,13,14)/t9-/m1/s1. The first-order valence-corrected chi connectivity index (χ1v) is 5.88. The summed E-state index contributed by atoms with van der Waals surface area (Å²) in [6.07, 6.45) is 0. The lowest BCUT2D eigenvalue weighted by atomic mass is 10.2. The fourth-order valence-electron chi connectivity index (χ4n) is 1.85. The predicted octanol–water partition coefficient (Wildman–Crippen LogP) is 0.779. The number of piperazine rings is 1. The SMILES string of the molecule is O=C(O)[C@@H](c1cccs1)N1CCNCC1. The van der Waals surface area contributed by atoms with Crippen molar-refractivity contribution in [3.63, 3.8) is 0 Å². The molecule has 15 heavy (non-hydrogen) atoms. The molecule has 1 aliphatic rings. The Morgan fingerprint density at radius 1 is 1.53 bits per heavy atom. The van der Waals surface area contributed by atoms with Gasteiger partial charge in [0, 0.05) is 31.1 Å². The van der Waals surface area contributed by atoms with E-state index in [-0.39, 0.29) is 0 Å². The molecule has 0 unspecified atom stereocenters. The first-order chi connectivity index (χ1) is 7.29. The summed E-state index contributed by atoms with van der Waals surface area (Å²) in [7, 11) is 0. The van der Waals surface area contributed by atoms with Crippen LogP contribution < -0.4 is 5.32 Å². The summed E-state index contributed by atoms with van der Waals surface area (Å²) in [6, 6.07) is 3.33. The zero-order valence-corrected chi connectivity index (χ0v) is 9.17. The van der Waals surface area contributed by atoms with Gasteiger partial charge in [0.1, 0.15) is 6.04 Å². The van der Waals surface area contributed by atoms with E-state index in [0.717, 1.165) is 31.1 Å². The van der Waals surface area contributed by atoms with Crippen LogP contribution >= 0.6 is 11.3 Å². The first kappa shape index (κ1) is 10.6. The minimum atomic E-state index is -0.751. The molecule has 4 nitrogen and oxygen atoms in total. The van der Waals surface area contributed by atoms with Crippen LogP contribution in [-0.4, -0.2) is 42.2 Å². The van der Waals surface area contributed by atoms with E-state index in [1.807, 2.05) is 22.4 Å². The summed E-state index contributed by atoms with van der Waals surface area (Å²) in [5.74, 6) is -0.751. The van der Waals surface area contributed by atoms with Crippen LogP contribution in [0.25, 0.3) is 0 Å². The maximum Gasteiger partial charge on any atom is 0.326 e. The summed E-state index contributed by atoms with van der Waals surface area (Å²) in [4.78, 5) is 14.2. The molecule has 1 fully saturated rings. The van der Waals surface area contributed by atoms with Crippen molar-refractivity contribution in [2.24, 2.45) is 0 Å². The Kier molecular flexibility index (Phi) is 3.35. The molecule has 0 bridgehead atoms. The summed E-state index contributed by atoms with van der Waals surface area (Å²) in [6.45, 7) is 3.34. The quantitative estimate of drug-likeness (QED) is 0.799. The summed E-state index contributed by atoms with van der Waals surface area (Å²) in [5, 5.41) is 14.4. The average Bonchev–Trinajstić information content (AvgIpc) is 2.72. The fraction of sp³-hybridized carbons (Fsp3) is 0.500. The highest BCUT2D eigenvalue weighted by atomic mass is 32.1. The van der Waals surface area contributed by atoms with Gasteiger partial charge in [0.25, 0.3) is 0 Å². The molecular weight excluding hydrogens is 212 g/mol. The predicted molar refractivity (Wildman–Crippen MR) is 59.1 cm³/mol. The van der Waals surface area contributed by atoms with E-state index in [2.05, 4.69) is 5.32 Å². The minimum Gasteiger partial charge on any atom is -0.480 e. The molecule has 2 N–H and O–H groups in total. The minimum absolute atomic E-state index is 0.466. The maximum atomic E-state index is 11.2. The largest absolute Gasteiger partial charge is 0.480 e. The molecule has 0 amide bonds. The van der Waals surface area contributed by atoms with E-state index in [0.29, 0.717) is 0 Å². The summed E-state index contributed by atoms with van der Waals surface area (Å²) >= 11 is 1.51. The highest BCUT2D eigenvalue weighted by Gasteiger charge is 2.28. The molecule has 5 heteroatoms. The summed E-state index contributed by atoms with van der Waals surface area (Å²) < 4.78 is 0. The van der Waals surface area contributed by atoms with Gasteiger partial charge in [0.2, 0.25) is 0 Å². The van der Waals surface area contributed by atoms with E-state index in [1.165, 1.54) is 11.3 Å². The molecule has 1 aromatic heterocycles. The summed E-state index contributed by atoms with van der Waals surface area (Å²) in [5.41, 5.74) is 0. The second kappa shape index (κ2) is 4.74. The number of rotatable bonds is 3. The van der Waals surface area contributed by atoms with Gasteiger partial charge in [-0.25, -0.2) is 0 Å². The van der Waals surface area contributed by atoms with Crippen LogP contribution in [0.15, 0.2) is 17.5 Å².